The van der Waals surface area contributed by atoms with Gasteiger partial charge in [-0.15, -0.1) is 0 Å². The number of nitrogens with one attached hydrogen (secondary N) is 2. The molecule has 0 saturated carbocycles. The molecule has 1 aromatic carbocycles. The average molecular weight is 437 g/mol. The molecule has 1 amide bonds. The van der Waals surface area contributed by atoms with Gasteiger partial charge >= 0.3 is 18.0 Å². The number of hydrogen-bond acceptors (Lipinski definition) is 7. The van der Waals surface area contributed by atoms with Gasteiger partial charge in [-0.05, 0) is 46.1 Å². The van der Waals surface area contributed by atoms with E-state index in [0.717, 1.165) is 5.56 Å². The van der Waals surface area contributed by atoms with Crippen LogP contribution in [0.3, 0.4) is 0 Å². The molecule has 0 aromatic heterocycles. The Morgan fingerprint density at radius 2 is 1.74 bits per heavy atom. The highest BCUT2D eigenvalue weighted by Gasteiger charge is 2.25. The number of unbranched alkanes of at least 4 members (excludes halogenated alkanes) is 1. The molecule has 0 aliphatic heterocycles. The lowest BCUT2D eigenvalue weighted by atomic mass is 10.0. The number of alkyl carbamates (subject to hydrolysis) is 1. The van der Waals surface area contributed by atoms with E-state index in [2.05, 4.69) is 10.6 Å². The molecule has 8 nitrogen and oxygen atoms in total. The molecule has 174 valence electrons. The summed E-state index contributed by atoms with van der Waals surface area (Å²) in [6, 6.07) is 9.46. The van der Waals surface area contributed by atoms with E-state index in [4.69, 9.17) is 14.2 Å². The third-order valence-corrected chi connectivity index (χ3v) is 4.17. The molecule has 31 heavy (non-hydrogen) atoms. The van der Waals surface area contributed by atoms with Crippen molar-refractivity contribution in [1.82, 2.24) is 10.6 Å². The Morgan fingerprint density at radius 3 is 2.39 bits per heavy atom. The minimum absolute atomic E-state index is 0.0436. The summed E-state index contributed by atoms with van der Waals surface area (Å²) >= 11 is 0. The van der Waals surface area contributed by atoms with Crippen molar-refractivity contribution in [2.75, 3.05) is 26.2 Å². The standard InChI is InChI=1S/C23H36N2O6/c1-5-29-20(26)16-24-15-19(21(27)31-23(2,3)4)13-9-10-14-25-22(28)30-17-18-11-7-6-8-12-18/h6-8,11-12,19,24H,5,9-10,13-17H2,1-4H3,(H,25,28). The van der Waals surface area contributed by atoms with Gasteiger partial charge < -0.3 is 24.8 Å². The van der Waals surface area contributed by atoms with Crippen molar-refractivity contribution in [1.29, 1.82) is 0 Å². The first kappa shape index (κ1) is 26.4. The fourth-order valence-electron chi connectivity index (χ4n) is 2.73. The van der Waals surface area contributed by atoms with Gasteiger partial charge in [0.25, 0.3) is 0 Å². The maximum Gasteiger partial charge on any atom is 0.407 e. The van der Waals surface area contributed by atoms with Crippen LogP contribution in [0.25, 0.3) is 0 Å². The van der Waals surface area contributed by atoms with Crippen LogP contribution >= 0.6 is 0 Å². The summed E-state index contributed by atoms with van der Waals surface area (Å²) in [5.74, 6) is -1.05. The Kier molecular flexibility index (Phi) is 12.3. The van der Waals surface area contributed by atoms with Crippen LogP contribution in [0.2, 0.25) is 0 Å². The smallest absolute Gasteiger partial charge is 0.407 e. The molecule has 2 N–H and O–H groups in total. The van der Waals surface area contributed by atoms with Gasteiger partial charge in [0, 0.05) is 13.1 Å². The highest BCUT2D eigenvalue weighted by Crippen LogP contribution is 2.15. The number of carbonyl (C=O) groups excluding carboxylic acids is 3. The molecule has 1 unspecified atom stereocenters. The first-order chi connectivity index (χ1) is 14.7. The van der Waals surface area contributed by atoms with Crippen LogP contribution in [0.1, 0.15) is 52.5 Å². The molecule has 1 atom stereocenters. The van der Waals surface area contributed by atoms with E-state index >= 15 is 0 Å². The minimum atomic E-state index is -0.583. The molecule has 0 radical (unpaired) electrons. The molecule has 0 bridgehead atoms. The molecular formula is C23H36N2O6. The Labute approximate surface area is 185 Å². The van der Waals surface area contributed by atoms with Crippen LogP contribution in [-0.2, 0) is 30.4 Å². The third kappa shape index (κ3) is 13.3. The topological polar surface area (TPSA) is 103 Å². The lowest BCUT2D eigenvalue weighted by Gasteiger charge is -2.24. The van der Waals surface area contributed by atoms with Gasteiger partial charge in [-0.3, -0.25) is 9.59 Å². The average Bonchev–Trinajstić information content (AvgIpc) is 2.70. The van der Waals surface area contributed by atoms with E-state index in [1.54, 1.807) is 6.92 Å². The maximum atomic E-state index is 12.5. The van der Waals surface area contributed by atoms with Crippen molar-refractivity contribution in [3.05, 3.63) is 35.9 Å². The summed E-state index contributed by atoms with van der Waals surface area (Å²) in [5, 5.41) is 5.68. The molecule has 0 spiro atoms. The summed E-state index contributed by atoms with van der Waals surface area (Å²) < 4.78 is 15.5. The minimum Gasteiger partial charge on any atom is -0.465 e. The van der Waals surface area contributed by atoms with Gasteiger partial charge in [-0.2, -0.15) is 0 Å². The van der Waals surface area contributed by atoms with Gasteiger partial charge in [0.05, 0.1) is 19.1 Å². The molecule has 0 saturated heterocycles. The zero-order chi connectivity index (χ0) is 23.1. The van der Waals surface area contributed by atoms with Crippen LogP contribution < -0.4 is 10.6 Å². The second-order valence-corrected chi connectivity index (χ2v) is 8.15. The number of amides is 1. The van der Waals surface area contributed by atoms with Crippen molar-refractivity contribution in [3.63, 3.8) is 0 Å². The third-order valence-electron chi connectivity index (χ3n) is 4.17. The predicted octanol–water partition coefficient (Wildman–Crippen LogP) is 3.19. The number of carbonyl (C=O) groups is 3. The van der Waals surface area contributed by atoms with Gasteiger partial charge in [0.2, 0.25) is 0 Å². The number of esters is 2. The number of hydrogen-bond donors (Lipinski definition) is 2. The van der Waals surface area contributed by atoms with Crippen molar-refractivity contribution in [2.24, 2.45) is 5.92 Å². The molecule has 1 rings (SSSR count). The Hall–Kier alpha value is -2.61. The summed E-state index contributed by atoms with van der Waals surface area (Å²) in [4.78, 5) is 35.7. The van der Waals surface area contributed by atoms with Gasteiger partial charge in [-0.25, -0.2) is 4.79 Å². The Balaban J connectivity index is 2.33. The molecule has 1 aromatic rings. The number of rotatable bonds is 13. The van der Waals surface area contributed by atoms with Crippen molar-refractivity contribution in [3.8, 4) is 0 Å². The summed E-state index contributed by atoms with van der Waals surface area (Å²) in [5.41, 5.74) is 0.341. The van der Waals surface area contributed by atoms with Crippen LogP contribution in [-0.4, -0.2) is 49.9 Å². The fourth-order valence-corrected chi connectivity index (χ4v) is 2.73. The van der Waals surface area contributed by atoms with Crippen molar-refractivity contribution < 1.29 is 28.6 Å². The Morgan fingerprint density at radius 1 is 1.03 bits per heavy atom. The van der Waals surface area contributed by atoms with Crippen LogP contribution in [0, 0.1) is 5.92 Å². The van der Waals surface area contributed by atoms with Crippen LogP contribution in [0.5, 0.6) is 0 Å². The van der Waals surface area contributed by atoms with E-state index in [9.17, 15) is 14.4 Å². The number of ether oxygens (including phenoxy) is 3. The van der Waals surface area contributed by atoms with E-state index in [-0.39, 0.29) is 25.1 Å². The second kappa shape index (κ2) is 14.4. The molecule has 0 aliphatic carbocycles. The second-order valence-electron chi connectivity index (χ2n) is 8.15. The molecule has 0 fully saturated rings. The number of benzene rings is 1. The highest BCUT2D eigenvalue weighted by molar-refractivity contribution is 5.74. The zero-order valence-electron chi connectivity index (χ0n) is 19.1. The first-order valence-electron chi connectivity index (χ1n) is 10.7. The molecule has 0 aliphatic rings. The lowest BCUT2D eigenvalue weighted by molar-refractivity contribution is -0.160. The van der Waals surface area contributed by atoms with Gasteiger partial charge in [0.1, 0.15) is 12.2 Å². The SMILES string of the molecule is CCOC(=O)CNCC(CCCCNC(=O)OCc1ccccc1)C(=O)OC(C)(C)C. The largest absolute Gasteiger partial charge is 0.465 e. The van der Waals surface area contributed by atoms with E-state index in [1.165, 1.54) is 0 Å². The van der Waals surface area contributed by atoms with Crippen molar-refractivity contribution in [2.45, 2.75) is 59.2 Å². The van der Waals surface area contributed by atoms with Gasteiger partial charge in [-0.1, -0.05) is 36.8 Å². The monoisotopic (exact) mass is 436 g/mol. The summed E-state index contributed by atoms with van der Waals surface area (Å²) in [7, 11) is 0. The first-order valence-corrected chi connectivity index (χ1v) is 10.7. The highest BCUT2D eigenvalue weighted by atomic mass is 16.6. The van der Waals surface area contributed by atoms with Crippen LogP contribution in [0.15, 0.2) is 30.3 Å². The van der Waals surface area contributed by atoms with Crippen LogP contribution in [0.4, 0.5) is 4.79 Å². The molecule has 8 heteroatoms. The summed E-state index contributed by atoms with van der Waals surface area (Å²) in [6.45, 7) is 8.55. The summed E-state index contributed by atoms with van der Waals surface area (Å²) in [6.07, 6.45) is 1.51. The maximum absolute atomic E-state index is 12.5. The van der Waals surface area contributed by atoms with Crippen molar-refractivity contribution >= 4 is 18.0 Å². The normalized spacial score (nSPS) is 12.0. The predicted molar refractivity (Wildman–Crippen MR) is 117 cm³/mol. The molecule has 0 heterocycles. The van der Waals surface area contributed by atoms with E-state index in [0.29, 0.717) is 39.0 Å². The van der Waals surface area contributed by atoms with E-state index < -0.39 is 17.6 Å². The fraction of sp³-hybridized carbons (Fsp3) is 0.609. The zero-order valence-corrected chi connectivity index (χ0v) is 19.1. The van der Waals surface area contributed by atoms with Gasteiger partial charge in [0.15, 0.2) is 0 Å². The molecular weight excluding hydrogens is 400 g/mol. The van der Waals surface area contributed by atoms with E-state index in [1.807, 2.05) is 51.1 Å². The Bertz CT molecular complexity index is 672. The quantitative estimate of drug-likeness (QED) is 0.278. The lowest BCUT2D eigenvalue weighted by Crippen LogP contribution is -2.36.